The van der Waals surface area contributed by atoms with E-state index in [1.165, 1.54) is 0 Å². The standard InChI is InChI=1S/C26H37N5O2.2ClH/c1-16(2)14-28-23(17(3)4)24(32)31-26(12-19-8-6-7-9-20(19)13-26)25(33)29-15-21-10-11-22(27)30-18(21)5;;/h6-11,16-17,23,28H,12-15H2,1-5H3,(H2,27,30)(H,29,33)(H,31,32);2*1H/t23-;;/m1../s1. The smallest absolute Gasteiger partial charge is 0.246 e. The minimum atomic E-state index is -1.03. The van der Waals surface area contributed by atoms with Gasteiger partial charge in [0.1, 0.15) is 11.4 Å². The van der Waals surface area contributed by atoms with Crippen LogP contribution in [0.25, 0.3) is 0 Å². The Labute approximate surface area is 221 Å². The van der Waals surface area contributed by atoms with E-state index in [2.05, 4.69) is 34.8 Å². The molecule has 0 fully saturated rings. The molecule has 2 aromatic rings. The molecule has 1 heterocycles. The number of rotatable bonds is 9. The van der Waals surface area contributed by atoms with Gasteiger partial charge in [-0.1, -0.05) is 58.0 Å². The van der Waals surface area contributed by atoms with Crippen LogP contribution in [0.1, 0.15) is 50.1 Å². The summed E-state index contributed by atoms with van der Waals surface area (Å²) < 4.78 is 0. The summed E-state index contributed by atoms with van der Waals surface area (Å²) in [5.41, 5.74) is 8.59. The number of hydrogen-bond acceptors (Lipinski definition) is 5. The van der Waals surface area contributed by atoms with Crippen molar-refractivity contribution in [3.05, 3.63) is 58.8 Å². The van der Waals surface area contributed by atoms with Crippen molar-refractivity contribution in [3.8, 4) is 0 Å². The molecule has 3 rings (SSSR count). The molecule has 0 aliphatic heterocycles. The fraction of sp³-hybridized carbons (Fsp3) is 0.500. The Hall–Kier alpha value is -2.35. The number of benzene rings is 1. The Morgan fingerprint density at radius 2 is 1.63 bits per heavy atom. The van der Waals surface area contributed by atoms with E-state index in [1.54, 1.807) is 6.07 Å². The van der Waals surface area contributed by atoms with Gasteiger partial charge < -0.3 is 21.7 Å². The van der Waals surface area contributed by atoms with Crippen molar-refractivity contribution in [2.24, 2.45) is 11.8 Å². The number of nitrogens with zero attached hydrogens (tertiary/aromatic N) is 1. The number of aromatic nitrogens is 1. The number of fused-ring (bicyclic) bond motifs is 1. The summed E-state index contributed by atoms with van der Waals surface area (Å²) in [4.78, 5) is 31.3. The van der Waals surface area contributed by atoms with Crippen molar-refractivity contribution in [1.82, 2.24) is 20.9 Å². The van der Waals surface area contributed by atoms with Gasteiger partial charge in [-0.25, -0.2) is 4.98 Å². The highest BCUT2D eigenvalue weighted by molar-refractivity contribution is 5.94. The van der Waals surface area contributed by atoms with Gasteiger partial charge in [-0.2, -0.15) is 0 Å². The zero-order valence-electron chi connectivity index (χ0n) is 21.2. The molecule has 0 bridgehead atoms. The lowest BCUT2D eigenvalue weighted by atomic mass is 9.92. The summed E-state index contributed by atoms with van der Waals surface area (Å²) in [5, 5.41) is 9.58. The van der Waals surface area contributed by atoms with Crippen molar-refractivity contribution < 1.29 is 9.59 Å². The van der Waals surface area contributed by atoms with Gasteiger partial charge in [0.25, 0.3) is 0 Å². The van der Waals surface area contributed by atoms with Crippen LogP contribution in [0.4, 0.5) is 5.82 Å². The average Bonchev–Trinajstić information content (AvgIpc) is 3.11. The highest BCUT2D eigenvalue weighted by Crippen LogP contribution is 2.31. The molecule has 1 aliphatic rings. The summed E-state index contributed by atoms with van der Waals surface area (Å²) >= 11 is 0. The largest absolute Gasteiger partial charge is 0.384 e. The SMILES string of the molecule is Cc1nc(N)ccc1CNC(=O)C1(NC(=O)[C@H](NCC(C)C)C(C)C)Cc2ccccc2C1.Cl.Cl. The molecule has 2 amide bonds. The van der Waals surface area contributed by atoms with E-state index >= 15 is 0 Å². The third-order valence-corrected chi connectivity index (χ3v) is 6.25. The summed E-state index contributed by atoms with van der Waals surface area (Å²) in [6.45, 7) is 11.2. The van der Waals surface area contributed by atoms with Crippen molar-refractivity contribution in [1.29, 1.82) is 0 Å². The Kier molecular flexibility index (Phi) is 11.5. The molecule has 9 heteroatoms. The number of halogens is 2. The number of nitrogen functional groups attached to an aromatic ring is 1. The van der Waals surface area contributed by atoms with Crippen LogP contribution in [0.5, 0.6) is 0 Å². The Morgan fingerprint density at radius 3 is 2.14 bits per heavy atom. The van der Waals surface area contributed by atoms with Gasteiger partial charge in [0.15, 0.2) is 0 Å². The fourth-order valence-electron chi connectivity index (χ4n) is 4.37. The van der Waals surface area contributed by atoms with E-state index in [4.69, 9.17) is 5.73 Å². The quantitative estimate of drug-likeness (QED) is 0.402. The molecule has 5 N–H and O–H groups in total. The van der Waals surface area contributed by atoms with Crippen LogP contribution >= 0.6 is 24.8 Å². The Morgan fingerprint density at radius 1 is 1.03 bits per heavy atom. The van der Waals surface area contributed by atoms with E-state index in [1.807, 2.05) is 51.1 Å². The van der Waals surface area contributed by atoms with Crippen LogP contribution in [0.15, 0.2) is 36.4 Å². The molecule has 0 radical (unpaired) electrons. The zero-order chi connectivity index (χ0) is 24.2. The predicted molar refractivity (Wildman–Crippen MR) is 146 cm³/mol. The molecule has 35 heavy (non-hydrogen) atoms. The van der Waals surface area contributed by atoms with Crippen molar-refractivity contribution in [3.63, 3.8) is 0 Å². The van der Waals surface area contributed by atoms with Crippen molar-refractivity contribution in [2.45, 2.75) is 65.6 Å². The minimum absolute atomic E-state index is 0. The summed E-state index contributed by atoms with van der Waals surface area (Å²) in [6.07, 6.45) is 0.934. The highest BCUT2D eigenvalue weighted by atomic mass is 35.5. The minimum Gasteiger partial charge on any atom is -0.384 e. The topological polar surface area (TPSA) is 109 Å². The maximum Gasteiger partial charge on any atom is 0.246 e. The molecule has 7 nitrogen and oxygen atoms in total. The molecule has 194 valence electrons. The molecule has 0 saturated carbocycles. The van der Waals surface area contributed by atoms with Crippen molar-refractivity contribution >= 4 is 42.4 Å². The Balaban J connectivity index is 0.00000306. The fourth-order valence-corrected chi connectivity index (χ4v) is 4.37. The molecular weight excluding hydrogens is 485 g/mol. The monoisotopic (exact) mass is 523 g/mol. The van der Waals surface area contributed by atoms with Crippen molar-refractivity contribution in [2.75, 3.05) is 12.3 Å². The lowest BCUT2D eigenvalue weighted by Crippen LogP contribution is -2.63. The lowest BCUT2D eigenvalue weighted by Gasteiger charge is -2.32. The first-order chi connectivity index (χ1) is 15.6. The van der Waals surface area contributed by atoms with Crippen LogP contribution in [-0.2, 0) is 29.0 Å². The van der Waals surface area contributed by atoms with Gasteiger partial charge in [0.05, 0.1) is 6.04 Å². The van der Waals surface area contributed by atoms with E-state index in [0.717, 1.165) is 28.9 Å². The summed E-state index contributed by atoms with van der Waals surface area (Å²) in [6, 6.07) is 11.2. The maximum atomic E-state index is 13.6. The number of nitrogens with one attached hydrogen (secondary N) is 3. The first-order valence-electron chi connectivity index (χ1n) is 11.7. The number of carbonyl (C=O) groups excluding carboxylic acids is 2. The van der Waals surface area contributed by atoms with Gasteiger partial charge in [-0.3, -0.25) is 9.59 Å². The van der Waals surface area contributed by atoms with Crippen LogP contribution < -0.4 is 21.7 Å². The number of amides is 2. The number of hydrogen-bond donors (Lipinski definition) is 4. The van der Waals surface area contributed by atoms with E-state index in [0.29, 0.717) is 31.1 Å². The molecule has 0 spiro atoms. The molecule has 0 saturated heterocycles. The summed E-state index contributed by atoms with van der Waals surface area (Å²) in [7, 11) is 0. The molecule has 1 aromatic heterocycles. The zero-order valence-corrected chi connectivity index (χ0v) is 22.8. The third kappa shape index (κ3) is 7.56. The number of carbonyl (C=O) groups is 2. The Bertz CT molecular complexity index is 988. The average molecular weight is 525 g/mol. The second-order valence-corrected chi connectivity index (χ2v) is 9.88. The van der Waals surface area contributed by atoms with Gasteiger partial charge >= 0.3 is 0 Å². The van der Waals surface area contributed by atoms with Crippen LogP contribution in [0.3, 0.4) is 0 Å². The lowest BCUT2D eigenvalue weighted by molar-refractivity contribution is -0.135. The second kappa shape index (κ2) is 13.1. The first-order valence-corrected chi connectivity index (χ1v) is 11.7. The van der Waals surface area contributed by atoms with Gasteiger partial charge in [-0.05, 0) is 48.1 Å². The molecular formula is C26H39Cl2N5O2. The molecule has 1 aromatic carbocycles. The maximum absolute atomic E-state index is 13.6. The van der Waals surface area contributed by atoms with Gasteiger partial charge in [-0.15, -0.1) is 24.8 Å². The number of pyridine rings is 1. The van der Waals surface area contributed by atoms with E-state index < -0.39 is 5.54 Å². The number of anilines is 1. The number of nitrogens with two attached hydrogens (primary N) is 1. The summed E-state index contributed by atoms with van der Waals surface area (Å²) in [5.74, 6) is 0.639. The molecule has 0 unspecified atom stereocenters. The highest BCUT2D eigenvalue weighted by Gasteiger charge is 2.46. The third-order valence-electron chi connectivity index (χ3n) is 6.25. The molecule has 1 atom stereocenters. The van der Waals surface area contributed by atoms with E-state index in [9.17, 15) is 9.59 Å². The van der Waals surface area contributed by atoms with Crippen LogP contribution in [0.2, 0.25) is 0 Å². The van der Waals surface area contributed by atoms with Gasteiger partial charge in [0, 0.05) is 25.1 Å². The van der Waals surface area contributed by atoms with E-state index in [-0.39, 0.29) is 48.6 Å². The van der Waals surface area contributed by atoms with Crippen LogP contribution in [0, 0.1) is 18.8 Å². The normalized spacial score (nSPS) is 14.5. The van der Waals surface area contributed by atoms with Gasteiger partial charge in [0.2, 0.25) is 11.8 Å². The second-order valence-electron chi connectivity index (χ2n) is 9.88. The van der Waals surface area contributed by atoms with Crippen LogP contribution in [-0.4, -0.2) is 34.9 Å². The molecule has 1 aliphatic carbocycles. The predicted octanol–water partition coefficient (Wildman–Crippen LogP) is 3.36. The number of aryl methyl sites for hydroxylation is 1. The first kappa shape index (κ1) is 30.7.